The van der Waals surface area contributed by atoms with Crippen LogP contribution in [0.5, 0.6) is 0 Å². The highest BCUT2D eigenvalue weighted by Crippen LogP contribution is 2.35. The summed E-state index contributed by atoms with van der Waals surface area (Å²) in [6.45, 7) is 2.84. The van der Waals surface area contributed by atoms with E-state index < -0.39 is 0 Å². The average molecular weight is 300 g/mol. The Bertz CT molecular complexity index is 610. The van der Waals surface area contributed by atoms with Gasteiger partial charge in [-0.3, -0.25) is 9.88 Å². The predicted octanol–water partition coefficient (Wildman–Crippen LogP) is 2.45. The number of aromatic nitrogens is 3. The minimum Gasteiger partial charge on any atom is -0.381 e. The number of rotatable bonds is 3. The van der Waals surface area contributed by atoms with Gasteiger partial charge < -0.3 is 9.26 Å². The van der Waals surface area contributed by atoms with Crippen molar-refractivity contribution in [1.29, 1.82) is 0 Å². The predicted molar refractivity (Wildman–Crippen MR) is 80.1 cm³/mol. The van der Waals surface area contributed by atoms with Gasteiger partial charge in [0.05, 0.1) is 6.04 Å². The Morgan fingerprint density at radius 2 is 1.91 bits per heavy atom. The van der Waals surface area contributed by atoms with Crippen LogP contribution in [0, 0.1) is 0 Å². The summed E-state index contributed by atoms with van der Waals surface area (Å²) in [4.78, 5) is 11.2. The summed E-state index contributed by atoms with van der Waals surface area (Å²) < 4.78 is 11.0. The molecule has 6 heteroatoms. The summed E-state index contributed by atoms with van der Waals surface area (Å²) in [7, 11) is 0. The Morgan fingerprint density at radius 1 is 1.09 bits per heavy atom. The van der Waals surface area contributed by atoms with E-state index >= 15 is 0 Å². The summed E-state index contributed by atoms with van der Waals surface area (Å²) in [6, 6.07) is 4.64. The first-order valence-electron chi connectivity index (χ1n) is 7.99. The maximum Gasteiger partial charge on any atom is 0.244 e. The quantitative estimate of drug-likeness (QED) is 0.867. The van der Waals surface area contributed by atoms with Crippen molar-refractivity contribution in [2.45, 2.75) is 37.8 Å². The average Bonchev–Trinajstić information content (AvgIpc) is 3.25. The Kier molecular flexibility index (Phi) is 3.86. The van der Waals surface area contributed by atoms with Gasteiger partial charge in [0.2, 0.25) is 11.7 Å². The van der Waals surface area contributed by atoms with Gasteiger partial charge in [-0.25, -0.2) is 0 Å². The van der Waals surface area contributed by atoms with Gasteiger partial charge in [-0.2, -0.15) is 4.98 Å². The van der Waals surface area contributed by atoms with Crippen LogP contribution in [0.2, 0.25) is 0 Å². The Labute approximate surface area is 129 Å². The molecule has 2 aromatic heterocycles. The third-order valence-corrected chi connectivity index (χ3v) is 4.62. The standard InChI is InChI=1S/C16H20N4O2/c1-2-14(20(9-1)13-5-10-21-11-6-13)16-18-15(19-22-16)12-3-7-17-8-4-12/h3-4,7-8,13-14H,1-2,5-6,9-11H2. The van der Waals surface area contributed by atoms with Gasteiger partial charge >= 0.3 is 0 Å². The van der Waals surface area contributed by atoms with E-state index in [2.05, 4.69) is 20.0 Å². The lowest BCUT2D eigenvalue weighted by atomic mass is 10.1. The maximum atomic E-state index is 5.57. The molecule has 2 aromatic rings. The van der Waals surface area contributed by atoms with Crippen molar-refractivity contribution < 1.29 is 9.26 Å². The zero-order valence-electron chi connectivity index (χ0n) is 12.5. The molecule has 0 spiro atoms. The van der Waals surface area contributed by atoms with E-state index in [9.17, 15) is 0 Å². The lowest BCUT2D eigenvalue weighted by Crippen LogP contribution is -2.39. The Hall–Kier alpha value is -1.79. The molecule has 2 fully saturated rings. The van der Waals surface area contributed by atoms with Gasteiger partial charge in [-0.1, -0.05) is 5.16 Å². The van der Waals surface area contributed by atoms with Gasteiger partial charge in [0, 0.05) is 37.2 Å². The molecule has 0 aliphatic carbocycles. The summed E-state index contributed by atoms with van der Waals surface area (Å²) in [6.07, 6.45) is 7.97. The highest BCUT2D eigenvalue weighted by molar-refractivity contribution is 5.52. The molecule has 0 radical (unpaired) electrons. The fourth-order valence-electron chi connectivity index (χ4n) is 3.50. The second-order valence-electron chi connectivity index (χ2n) is 5.93. The molecule has 0 saturated carbocycles. The molecule has 0 amide bonds. The van der Waals surface area contributed by atoms with Crippen molar-refractivity contribution in [1.82, 2.24) is 20.0 Å². The van der Waals surface area contributed by atoms with Crippen LogP contribution in [0.25, 0.3) is 11.4 Å². The van der Waals surface area contributed by atoms with Crippen LogP contribution in [0.1, 0.15) is 37.6 Å². The highest BCUT2D eigenvalue weighted by atomic mass is 16.5. The third kappa shape index (κ3) is 2.64. The van der Waals surface area contributed by atoms with Crippen molar-refractivity contribution in [2.24, 2.45) is 0 Å². The van der Waals surface area contributed by atoms with Crippen LogP contribution in [0.3, 0.4) is 0 Å². The molecule has 1 atom stereocenters. The van der Waals surface area contributed by atoms with E-state index in [4.69, 9.17) is 9.26 Å². The summed E-state index contributed by atoms with van der Waals surface area (Å²) in [5.74, 6) is 1.40. The summed E-state index contributed by atoms with van der Waals surface area (Å²) in [5.41, 5.74) is 0.945. The van der Waals surface area contributed by atoms with Crippen molar-refractivity contribution in [3.63, 3.8) is 0 Å². The van der Waals surface area contributed by atoms with Gasteiger partial charge in [-0.15, -0.1) is 0 Å². The first-order chi connectivity index (χ1) is 10.9. The number of pyridine rings is 1. The van der Waals surface area contributed by atoms with Crippen molar-refractivity contribution >= 4 is 0 Å². The molecule has 4 rings (SSSR count). The van der Waals surface area contributed by atoms with E-state index in [1.807, 2.05) is 12.1 Å². The molecular weight excluding hydrogens is 280 g/mol. The molecule has 0 aromatic carbocycles. The summed E-state index contributed by atoms with van der Waals surface area (Å²) >= 11 is 0. The zero-order valence-corrected chi connectivity index (χ0v) is 12.5. The van der Waals surface area contributed by atoms with E-state index in [-0.39, 0.29) is 6.04 Å². The lowest BCUT2D eigenvalue weighted by molar-refractivity contribution is 0.0243. The fraction of sp³-hybridized carbons (Fsp3) is 0.562. The van der Waals surface area contributed by atoms with Gasteiger partial charge in [0.1, 0.15) is 0 Å². The van der Waals surface area contributed by atoms with Crippen molar-refractivity contribution in [3.8, 4) is 11.4 Å². The molecule has 0 N–H and O–H groups in total. The minimum atomic E-state index is 0.256. The Morgan fingerprint density at radius 3 is 2.73 bits per heavy atom. The lowest BCUT2D eigenvalue weighted by Gasteiger charge is -2.33. The minimum absolute atomic E-state index is 0.256. The highest BCUT2D eigenvalue weighted by Gasteiger charge is 2.35. The first-order valence-corrected chi connectivity index (χ1v) is 7.99. The number of hydrogen-bond donors (Lipinski definition) is 0. The molecule has 6 nitrogen and oxygen atoms in total. The number of likely N-dealkylation sites (tertiary alicyclic amines) is 1. The Balaban J connectivity index is 1.54. The van der Waals surface area contributed by atoms with E-state index in [0.717, 1.165) is 50.5 Å². The second kappa shape index (κ2) is 6.14. The van der Waals surface area contributed by atoms with Crippen LogP contribution in [0.15, 0.2) is 29.0 Å². The van der Waals surface area contributed by atoms with E-state index in [1.54, 1.807) is 12.4 Å². The molecule has 4 heterocycles. The van der Waals surface area contributed by atoms with Crippen LogP contribution >= 0.6 is 0 Å². The van der Waals surface area contributed by atoms with Gasteiger partial charge in [0.25, 0.3) is 0 Å². The monoisotopic (exact) mass is 300 g/mol. The smallest absolute Gasteiger partial charge is 0.244 e. The zero-order chi connectivity index (χ0) is 14.8. The van der Waals surface area contributed by atoms with Crippen molar-refractivity contribution in [3.05, 3.63) is 30.4 Å². The van der Waals surface area contributed by atoms with Crippen LogP contribution < -0.4 is 0 Å². The maximum absolute atomic E-state index is 5.57. The molecule has 2 aliphatic heterocycles. The van der Waals surface area contributed by atoms with Crippen LogP contribution in [0.4, 0.5) is 0 Å². The molecule has 2 aliphatic rings. The van der Waals surface area contributed by atoms with Crippen LogP contribution in [-0.2, 0) is 4.74 Å². The number of ether oxygens (including phenoxy) is 1. The SMILES string of the molecule is c1cc(-c2noc(C3CCCN3C3CCOCC3)n2)ccn1. The largest absolute Gasteiger partial charge is 0.381 e. The molecule has 2 saturated heterocycles. The van der Waals surface area contributed by atoms with E-state index in [1.165, 1.54) is 6.42 Å². The van der Waals surface area contributed by atoms with E-state index in [0.29, 0.717) is 11.9 Å². The van der Waals surface area contributed by atoms with Crippen molar-refractivity contribution in [2.75, 3.05) is 19.8 Å². The normalized spacial score (nSPS) is 23.9. The molecular formula is C16H20N4O2. The van der Waals surface area contributed by atoms with Gasteiger partial charge in [0.15, 0.2) is 0 Å². The number of hydrogen-bond acceptors (Lipinski definition) is 6. The fourth-order valence-corrected chi connectivity index (χ4v) is 3.50. The topological polar surface area (TPSA) is 64.3 Å². The molecule has 22 heavy (non-hydrogen) atoms. The summed E-state index contributed by atoms with van der Waals surface area (Å²) in [5, 5.41) is 4.15. The molecule has 116 valence electrons. The molecule has 0 bridgehead atoms. The second-order valence-corrected chi connectivity index (χ2v) is 5.93. The first kappa shape index (κ1) is 13.8. The van der Waals surface area contributed by atoms with Crippen LogP contribution in [-0.4, -0.2) is 45.8 Å². The van der Waals surface area contributed by atoms with Gasteiger partial charge in [-0.05, 0) is 44.4 Å². The number of nitrogens with zero attached hydrogens (tertiary/aromatic N) is 4. The molecule has 1 unspecified atom stereocenters. The third-order valence-electron chi connectivity index (χ3n) is 4.62.